The number of thiocarbonyl (C=S) groups is 1. The third kappa shape index (κ3) is 5.86. The summed E-state index contributed by atoms with van der Waals surface area (Å²) in [5.74, 6) is 2.20. The molecule has 8 nitrogen and oxygen atoms in total. The molecule has 1 fully saturated rings. The lowest BCUT2D eigenvalue weighted by Crippen LogP contribution is -2.51. The summed E-state index contributed by atoms with van der Waals surface area (Å²) in [5, 5.41) is 8.18. The molecule has 0 bridgehead atoms. The highest BCUT2D eigenvalue weighted by atomic mass is 32.1. The number of aryl methyl sites for hydroxylation is 4. The van der Waals surface area contributed by atoms with Crippen LogP contribution in [-0.2, 0) is 0 Å². The van der Waals surface area contributed by atoms with Crippen molar-refractivity contribution in [3.8, 4) is 0 Å². The van der Waals surface area contributed by atoms with Gasteiger partial charge in [0.05, 0.1) is 4.70 Å². The molecule has 0 saturated carbocycles. The first-order valence-electron chi connectivity index (χ1n) is 12.3. The van der Waals surface area contributed by atoms with E-state index in [-0.39, 0.29) is 0 Å². The van der Waals surface area contributed by atoms with Crippen LogP contribution in [0.2, 0.25) is 0 Å². The molecule has 1 aliphatic heterocycles. The SMILES string of the molecule is Cc1cc(C)nc(N/C(=N/C(=S)Nc2ccc(C)c(C)c2)N2CCN(c3nsc4ccccc34)CC2)n1. The Hall–Kier alpha value is -3.63. The molecule has 2 aromatic heterocycles. The van der Waals surface area contributed by atoms with Gasteiger partial charge < -0.3 is 15.1 Å². The van der Waals surface area contributed by atoms with Crippen LogP contribution >= 0.6 is 23.8 Å². The van der Waals surface area contributed by atoms with Crippen LogP contribution in [0.25, 0.3) is 10.1 Å². The lowest BCUT2D eigenvalue weighted by atomic mass is 10.1. The fourth-order valence-electron chi connectivity index (χ4n) is 4.36. The van der Waals surface area contributed by atoms with Gasteiger partial charge in [-0.15, -0.1) is 0 Å². The van der Waals surface area contributed by atoms with E-state index >= 15 is 0 Å². The van der Waals surface area contributed by atoms with Gasteiger partial charge in [-0.05, 0) is 92.9 Å². The number of aromatic nitrogens is 3. The van der Waals surface area contributed by atoms with Gasteiger partial charge in [-0.25, -0.2) is 9.97 Å². The number of piperazine rings is 1. The summed E-state index contributed by atoms with van der Waals surface area (Å²) in [6.07, 6.45) is 0. The summed E-state index contributed by atoms with van der Waals surface area (Å²) >= 11 is 7.19. The van der Waals surface area contributed by atoms with Gasteiger partial charge >= 0.3 is 0 Å². The molecule has 0 atom stereocenters. The van der Waals surface area contributed by atoms with Crippen molar-refractivity contribution in [3.63, 3.8) is 0 Å². The summed E-state index contributed by atoms with van der Waals surface area (Å²) in [7, 11) is 0. The number of rotatable bonds is 3. The molecule has 1 saturated heterocycles. The van der Waals surface area contributed by atoms with Crippen LogP contribution in [0.5, 0.6) is 0 Å². The molecular weight excluding hydrogens is 500 g/mol. The first-order chi connectivity index (χ1) is 17.9. The minimum Gasteiger partial charge on any atom is -0.352 e. The number of benzene rings is 2. The van der Waals surface area contributed by atoms with Gasteiger partial charge in [0.25, 0.3) is 0 Å². The van der Waals surface area contributed by atoms with Gasteiger partial charge in [0.1, 0.15) is 5.82 Å². The molecule has 0 aliphatic carbocycles. The van der Waals surface area contributed by atoms with Crippen molar-refractivity contribution < 1.29 is 0 Å². The molecule has 5 rings (SSSR count). The lowest BCUT2D eigenvalue weighted by molar-refractivity contribution is 0.384. The fraction of sp³-hybridized carbons (Fsp3) is 0.296. The smallest absolute Gasteiger partial charge is 0.229 e. The van der Waals surface area contributed by atoms with E-state index in [4.69, 9.17) is 21.6 Å². The minimum atomic E-state index is 0.378. The van der Waals surface area contributed by atoms with E-state index in [0.29, 0.717) is 17.0 Å². The lowest BCUT2D eigenvalue weighted by Gasteiger charge is -2.36. The van der Waals surface area contributed by atoms with Gasteiger partial charge in [0.2, 0.25) is 17.0 Å². The molecule has 0 unspecified atom stereocenters. The van der Waals surface area contributed by atoms with Crippen LogP contribution in [0, 0.1) is 27.7 Å². The average molecular weight is 531 g/mol. The van der Waals surface area contributed by atoms with Crippen molar-refractivity contribution in [1.29, 1.82) is 0 Å². The molecule has 4 aromatic rings. The highest BCUT2D eigenvalue weighted by Crippen LogP contribution is 2.30. The number of fused-ring (bicyclic) bond motifs is 1. The minimum absolute atomic E-state index is 0.378. The molecule has 0 spiro atoms. The number of guanidine groups is 1. The predicted molar refractivity (Wildman–Crippen MR) is 158 cm³/mol. The summed E-state index contributed by atoms with van der Waals surface area (Å²) in [6, 6.07) is 16.5. The Morgan fingerprint density at radius 3 is 2.35 bits per heavy atom. The van der Waals surface area contributed by atoms with E-state index in [0.717, 1.165) is 49.1 Å². The molecule has 10 heteroatoms. The van der Waals surface area contributed by atoms with Gasteiger partial charge in [-0.1, -0.05) is 18.2 Å². The largest absolute Gasteiger partial charge is 0.352 e. The first-order valence-corrected chi connectivity index (χ1v) is 13.4. The maximum atomic E-state index is 5.64. The van der Waals surface area contributed by atoms with E-state index in [2.05, 4.69) is 80.6 Å². The van der Waals surface area contributed by atoms with E-state index in [1.165, 1.54) is 21.2 Å². The fourth-order valence-corrected chi connectivity index (χ4v) is 5.36. The molecule has 0 amide bonds. The number of nitrogens with one attached hydrogen (secondary N) is 2. The normalized spacial score (nSPS) is 14.2. The van der Waals surface area contributed by atoms with Gasteiger partial charge in [0, 0.05) is 48.6 Å². The highest BCUT2D eigenvalue weighted by molar-refractivity contribution is 7.80. The van der Waals surface area contributed by atoms with E-state index < -0.39 is 0 Å². The number of hydrogen-bond acceptors (Lipinski definition) is 6. The van der Waals surface area contributed by atoms with Gasteiger partial charge in [0.15, 0.2) is 0 Å². The molecule has 190 valence electrons. The Morgan fingerprint density at radius 1 is 0.892 bits per heavy atom. The molecule has 3 heterocycles. The Kier molecular flexibility index (Phi) is 7.29. The average Bonchev–Trinajstić information content (AvgIpc) is 3.30. The molecule has 37 heavy (non-hydrogen) atoms. The molecule has 1 aliphatic rings. The Balaban J connectivity index is 1.36. The molecular formula is C27H30N8S2. The maximum Gasteiger partial charge on any atom is 0.229 e. The first kappa shape index (κ1) is 25.0. The third-order valence-electron chi connectivity index (χ3n) is 6.41. The summed E-state index contributed by atoms with van der Waals surface area (Å²) in [5.41, 5.74) is 5.14. The Morgan fingerprint density at radius 2 is 1.62 bits per heavy atom. The third-order valence-corrected chi connectivity index (χ3v) is 7.42. The Labute approximate surface area is 226 Å². The highest BCUT2D eigenvalue weighted by Gasteiger charge is 2.24. The van der Waals surface area contributed by atoms with Gasteiger partial charge in [-0.2, -0.15) is 9.37 Å². The zero-order chi connectivity index (χ0) is 25.9. The quantitative estimate of drug-likeness (QED) is 0.210. The van der Waals surface area contributed by atoms with Crippen molar-refractivity contribution >= 4 is 62.4 Å². The molecule has 0 radical (unpaired) electrons. The van der Waals surface area contributed by atoms with Crippen LogP contribution in [0.15, 0.2) is 53.5 Å². The zero-order valence-corrected chi connectivity index (χ0v) is 23.1. The van der Waals surface area contributed by atoms with Crippen LogP contribution in [0.4, 0.5) is 17.5 Å². The van der Waals surface area contributed by atoms with Crippen molar-refractivity contribution in [2.45, 2.75) is 27.7 Å². The second-order valence-corrected chi connectivity index (χ2v) is 10.4. The number of nitrogens with zero attached hydrogens (tertiary/aromatic N) is 6. The molecule has 2 aromatic carbocycles. The van der Waals surface area contributed by atoms with Crippen molar-refractivity contribution in [1.82, 2.24) is 19.2 Å². The maximum absolute atomic E-state index is 5.64. The van der Waals surface area contributed by atoms with Crippen LogP contribution < -0.4 is 15.5 Å². The Bertz CT molecular complexity index is 1450. The summed E-state index contributed by atoms with van der Waals surface area (Å²) in [6.45, 7) is 11.2. The van der Waals surface area contributed by atoms with Crippen LogP contribution in [-0.4, -0.2) is 56.5 Å². The summed E-state index contributed by atoms with van der Waals surface area (Å²) in [4.78, 5) is 18.4. The number of aliphatic imine (C=N–C) groups is 1. The predicted octanol–water partition coefficient (Wildman–Crippen LogP) is 5.31. The second kappa shape index (κ2) is 10.8. The summed E-state index contributed by atoms with van der Waals surface area (Å²) < 4.78 is 5.94. The van der Waals surface area contributed by atoms with E-state index in [1.807, 2.05) is 26.0 Å². The number of hydrogen-bond donors (Lipinski definition) is 2. The zero-order valence-electron chi connectivity index (χ0n) is 21.4. The molecule has 2 N–H and O–H groups in total. The number of anilines is 3. The second-order valence-electron chi connectivity index (χ2n) is 9.24. The van der Waals surface area contributed by atoms with Crippen molar-refractivity contribution in [3.05, 3.63) is 71.0 Å². The topological polar surface area (TPSA) is 81.6 Å². The van der Waals surface area contributed by atoms with Crippen molar-refractivity contribution in [2.24, 2.45) is 4.99 Å². The monoisotopic (exact) mass is 530 g/mol. The van der Waals surface area contributed by atoms with E-state index in [9.17, 15) is 0 Å². The van der Waals surface area contributed by atoms with Crippen LogP contribution in [0.3, 0.4) is 0 Å². The standard InChI is InChI=1S/C27H30N8S2/c1-17-9-10-21(15-18(17)2)30-27(36)32-26(31-25-28-19(3)16-20(4)29-25)35-13-11-34(12-14-35)24-22-7-5-6-8-23(22)37-33-24/h5-10,15-16H,11-14H2,1-4H3,(H2,28,29,30,31,32,36). The van der Waals surface area contributed by atoms with Crippen molar-refractivity contribution in [2.75, 3.05) is 41.7 Å². The van der Waals surface area contributed by atoms with E-state index in [1.54, 1.807) is 11.5 Å². The van der Waals surface area contributed by atoms with Gasteiger partial charge in [-0.3, -0.25) is 5.32 Å². The van der Waals surface area contributed by atoms with Crippen LogP contribution in [0.1, 0.15) is 22.5 Å².